The first-order valence-electron chi connectivity index (χ1n) is 5.15. The van der Waals surface area contributed by atoms with Gasteiger partial charge in [-0.1, -0.05) is 13.8 Å². The minimum Gasteiger partial charge on any atom is -0.396 e. The summed E-state index contributed by atoms with van der Waals surface area (Å²) in [6.07, 6.45) is -0.269. The summed E-state index contributed by atoms with van der Waals surface area (Å²) in [6.45, 7) is 2.91. The van der Waals surface area contributed by atoms with E-state index in [1.54, 1.807) is 13.8 Å². The van der Waals surface area contributed by atoms with Gasteiger partial charge in [-0.05, 0) is 5.92 Å². The number of aliphatic hydroxyl groups is 1. The van der Waals surface area contributed by atoms with Gasteiger partial charge in [-0.3, -0.25) is 4.79 Å². The van der Waals surface area contributed by atoms with Crippen molar-refractivity contribution in [3.05, 3.63) is 0 Å². The molecule has 0 aromatic rings. The number of hydrogen-bond acceptors (Lipinski definition) is 2. The van der Waals surface area contributed by atoms with Crippen molar-refractivity contribution in [2.45, 2.75) is 26.2 Å². The van der Waals surface area contributed by atoms with E-state index in [2.05, 4.69) is 0 Å². The molecule has 1 amide bonds. The first-order chi connectivity index (χ1) is 6.87. The third kappa shape index (κ3) is 2.87. The molecule has 1 unspecified atom stereocenters. The molecule has 1 fully saturated rings. The Morgan fingerprint density at radius 2 is 2.13 bits per heavy atom. The fourth-order valence-corrected chi connectivity index (χ4v) is 1.73. The van der Waals surface area contributed by atoms with E-state index < -0.39 is 18.4 Å². The number of carbonyl (C=O) groups is 1. The van der Waals surface area contributed by atoms with Gasteiger partial charge in [0.2, 0.25) is 5.91 Å². The van der Waals surface area contributed by atoms with Crippen LogP contribution in [0.15, 0.2) is 0 Å². The summed E-state index contributed by atoms with van der Waals surface area (Å²) in [5, 5.41) is 9.02. The second kappa shape index (κ2) is 4.43. The monoisotopic (exact) mass is 221 g/mol. The van der Waals surface area contributed by atoms with Crippen LogP contribution in [0.4, 0.5) is 8.78 Å². The molecular formula is C10H17F2NO2. The molecule has 1 saturated heterocycles. The Hall–Kier alpha value is -0.710. The zero-order valence-electron chi connectivity index (χ0n) is 9.04. The molecule has 1 aliphatic heterocycles. The van der Waals surface area contributed by atoms with Gasteiger partial charge in [-0.25, -0.2) is 8.78 Å². The first-order valence-corrected chi connectivity index (χ1v) is 5.15. The first kappa shape index (κ1) is 12.4. The van der Waals surface area contributed by atoms with E-state index in [0.717, 1.165) is 4.90 Å². The zero-order chi connectivity index (χ0) is 11.6. The lowest BCUT2D eigenvalue weighted by molar-refractivity contribution is -0.138. The second-order valence-electron chi connectivity index (χ2n) is 4.40. The Morgan fingerprint density at radius 1 is 1.53 bits per heavy atom. The van der Waals surface area contributed by atoms with Gasteiger partial charge in [-0.15, -0.1) is 0 Å². The topological polar surface area (TPSA) is 40.5 Å². The van der Waals surface area contributed by atoms with Gasteiger partial charge in [-0.2, -0.15) is 0 Å². The number of likely N-dealkylation sites (tertiary alicyclic amines) is 1. The lowest BCUT2D eigenvalue weighted by Crippen LogP contribution is -2.39. The number of carbonyl (C=O) groups excluding carboxylic acids is 1. The fraction of sp³-hybridized carbons (Fsp3) is 0.900. The van der Waals surface area contributed by atoms with E-state index in [1.165, 1.54) is 0 Å². The summed E-state index contributed by atoms with van der Waals surface area (Å²) in [7, 11) is 0. The third-order valence-corrected chi connectivity index (χ3v) is 2.80. The maximum Gasteiger partial charge on any atom is 0.267 e. The normalized spacial score (nSPS) is 22.1. The second-order valence-corrected chi connectivity index (χ2v) is 4.40. The smallest absolute Gasteiger partial charge is 0.267 e. The number of nitrogens with zero attached hydrogens (tertiary/aromatic N) is 1. The maximum absolute atomic E-state index is 12.9. The van der Waals surface area contributed by atoms with Crippen molar-refractivity contribution in [3.8, 4) is 0 Å². The lowest BCUT2D eigenvalue weighted by Gasteiger charge is -2.24. The molecule has 88 valence electrons. The van der Waals surface area contributed by atoms with Crippen molar-refractivity contribution in [2.75, 3.05) is 19.7 Å². The Labute approximate surface area is 88.1 Å². The molecule has 1 aliphatic rings. The molecule has 1 rings (SSSR count). The zero-order valence-corrected chi connectivity index (χ0v) is 9.04. The Balaban J connectivity index is 2.61. The quantitative estimate of drug-likeness (QED) is 0.775. The van der Waals surface area contributed by atoms with E-state index in [9.17, 15) is 13.6 Å². The molecule has 0 radical (unpaired) electrons. The highest BCUT2D eigenvalue weighted by molar-refractivity contribution is 5.79. The molecular weight excluding hydrogens is 204 g/mol. The molecule has 5 heteroatoms. The van der Waals surface area contributed by atoms with Crippen molar-refractivity contribution in [1.82, 2.24) is 4.90 Å². The van der Waals surface area contributed by atoms with Crippen LogP contribution in [0.5, 0.6) is 0 Å². The number of rotatable bonds is 3. The summed E-state index contributed by atoms with van der Waals surface area (Å²) in [6, 6.07) is 0. The van der Waals surface area contributed by atoms with Crippen LogP contribution >= 0.6 is 0 Å². The van der Waals surface area contributed by atoms with Gasteiger partial charge in [0.15, 0.2) is 0 Å². The van der Waals surface area contributed by atoms with Crippen LogP contribution in [-0.2, 0) is 4.79 Å². The van der Waals surface area contributed by atoms with Crippen LogP contribution < -0.4 is 0 Å². The van der Waals surface area contributed by atoms with Crippen molar-refractivity contribution >= 4 is 5.91 Å². The number of aliphatic hydroxyl groups excluding tert-OH is 1. The van der Waals surface area contributed by atoms with E-state index in [4.69, 9.17) is 5.11 Å². The summed E-state index contributed by atoms with van der Waals surface area (Å²) in [5.74, 6) is -3.70. The van der Waals surface area contributed by atoms with Gasteiger partial charge >= 0.3 is 0 Å². The third-order valence-electron chi connectivity index (χ3n) is 2.80. The predicted octanol–water partition coefficient (Wildman–Crippen LogP) is 1.12. The molecule has 1 heterocycles. The minimum atomic E-state index is -2.76. The Kier molecular flexibility index (Phi) is 3.65. The van der Waals surface area contributed by atoms with Crippen molar-refractivity contribution < 1.29 is 18.7 Å². The molecule has 0 spiro atoms. The summed E-state index contributed by atoms with van der Waals surface area (Å²) in [5.41, 5.74) is 0. The Morgan fingerprint density at radius 3 is 2.47 bits per heavy atom. The number of alkyl halides is 2. The van der Waals surface area contributed by atoms with Crippen LogP contribution in [-0.4, -0.2) is 41.5 Å². The van der Waals surface area contributed by atoms with E-state index >= 15 is 0 Å². The molecule has 1 atom stereocenters. The van der Waals surface area contributed by atoms with E-state index in [-0.39, 0.29) is 31.4 Å². The van der Waals surface area contributed by atoms with Gasteiger partial charge in [0.1, 0.15) is 0 Å². The molecule has 0 bridgehead atoms. The molecule has 0 saturated carbocycles. The minimum absolute atomic E-state index is 0.0308. The molecule has 0 aromatic heterocycles. The number of hydrogen-bond donors (Lipinski definition) is 1. The van der Waals surface area contributed by atoms with Gasteiger partial charge in [0.25, 0.3) is 5.92 Å². The molecule has 1 N–H and O–H groups in total. The fourth-order valence-electron chi connectivity index (χ4n) is 1.73. The van der Waals surface area contributed by atoms with Crippen molar-refractivity contribution in [1.29, 1.82) is 0 Å². The predicted molar refractivity (Wildman–Crippen MR) is 51.6 cm³/mol. The average Bonchev–Trinajstić information content (AvgIpc) is 2.46. The molecule has 0 aromatic carbocycles. The van der Waals surface area contributed by atoms with E-state index in [1.807, 2.05) is 0 Å². The van der Waals surface area contributed by atoms with Gasteiger partial charge in [0.05, 0.1) is 19.1 Å². The van der Waals surface area contributed by atoms with Crippen molar-refractivity contribution in [3.63, 3.8) is 0 Å². The summed E-state index contributed by atoms with van der Waals surface area (Å²) in [4.78, 5) is 12.9. The molecule has 3 nitrogen and oxygen atoms in total. The molecule has 0 aliphatic carbocycles. The Bertz CT molecular complexity index is 244. The average molecular weight is 221 g/mol. The van der Waals surface area contributed by atoms with Crippen LogP contribution in [0.1, 0.15) is 20.3 Å². The maximum atomic E-state index is 12.9. The SMILES string of the molecule is CC(C)C(CO)C(=O)N1CCC(F)(F)C1. The van der Waals surface area contributed by atoms with Crippen LogP contribution in [0, 0.1) is 11.8 Å². The number of halogens is 2. The highest BCUT2D eigenvalue weighted by Crippen LogP contribution is 2.28. The standard InChI is InChI=1S/C10H17F2NO2/c1-7(2)8(5-14)9(15)13-4-3-10(11,12)6-13/h7-8,14H,3-6H2,1-2H3. The van der Waals surface area contributed by atoms with Crippen LogP contribution in [0.25, 0.3) is 0 Å². The van der Waals surface area contributed by atoms with Crippen molar-refractivity contribution in [2.24, 2.45) is 11.8 Å². The largest absolute Gasteiger partial charge is 0.396 e. The van der Waals surface area contributed by atoms with Gasteiger partial charge < -0.3 is 10.0 Å². The van der Waals surface area contributed by atoms with Crippen LogP contribution in [0.2, 0.25) is 0 Å². The van der Waals surface area contributed by atoms with E-state index in [0.29, 0.717) is 0 Å². The lowest BCUT2D eigenvalue weighted by atomic mass is 9.95. The summed E-state index contributed by atoms with van der Waals surface area (Å²) < 4.78 is 25.7. The molecule has 15 heavy (non-hydrogen) atoms. The van der Waals surface area contributed by atoms with Crippen LogP contribution in [0.3, 0.4) is 0 Å². The van der Waals surface area contributed by atoms with Gasteiger partial charge in [0, 0.05) is 13.0 Å². The summed E-state index contributed by atoms with van der Waals surface area (Å²) >= 11 is 0. The number of amides is 1. The highest BCUT2D eigenvalue weighted by atomic mass is 19.3. The highest BCUT2D eigenvalue weighted by Gasteiger charge is 2.42.